The van der Waals surface area contributed by atoms with Crippen molar-refractivity contribution in [2.75, 3.05) is 27.2 Å². The molecule has 0 saturated heterocycles. The van der Waals surface area contributed by atoms with Gasteiger partial charge in [-0.25, -0.2) is 4.98 Å². The van der Waals surface area contributed by atoms with Gasteiger partial charge in [0.25, 0.3) is 0 Å². The Morgan fingerprint density at radius 3 is 2.69 bits per heavy atom. The third-order valence-electron chi connectivity index (χ3n) is 4.13. The molecule has 1 aromatic carbocycles. The average molecular weight is 377 g/mol. The molecule has 0 saturated carbocycles. The molecule has 26 heavy (non-hydrogen) atoms. The van der Waals surface area contributed by atoms with Crippen molar-refractivity contribution >= 4 is 17.5 Å². The van der Waals surface area contributed by atoms with E-state index < -0.39 is 0 Å². The van der Waals surface area contributed by atoms with Crippen molar-refractivity contribution in [3.63, 3.8) is 0 Å². The van der Waals surface area contributed by atoms with Crippen LogP contribution in [-0.4, -0.2) is 52.4 Å². The van der Waals surface area contributed by atoms with Crippen LogP contribution in [0.15, 0.2) is 36.7 Å². The Kier molecular flexibility index (Phi) is 7.66. The normalized spacial score (nSPS) is 11.3. The monoisotopic (exact) mass is 376 g/mol. The van der Waals surface area contributed by atoms with Crippen LogP contribution in [0, 0.1) is 5.92 Å². The van der Waals surface area contributed by atoms with E-state index in [1.807, 2.05) is 49.5 Å². The molecule has 0 bridgehead atoms. The Bertz CT molecular complexity index is 711. The fraction of sp³-hybridized carbons (Fsp3) is 0.500. The fourth-order valence-electron chi connectivity index (χ4n) is 2.73. The van der Waals surface area contributed by atoms with Gasteiger partial charge in [0.2, 0.25) is 5.91 Å². The number of halogens is 1. The second-order valence-electron chi connectivity index (χ2n) is 7.32. The first-order valence-electron chi connectivity index (χ1n) is 9.02. The molecule has 0 atom stereocenters. The maximum Gasteiger partial charge on any atom is 0.223 e. The van der Waals surface area contributed by atoms with Gasteiger partial charge in [0, 0.05) is 43.5 Å². The molecule has 0 spiro atoms. The summed E-state index contributed by atoms with van der Waals surface area (Å²) >= 11 is 6.09. The lowest BCUT2D eigenvalue weighted by molar-refractivity contribution is -0.132. The van der Waals surface area contributed by atoms with Crippen LogP contribution >= 0.6 is 11.6 Å². The predicted molar refractivity (Wildman–Crippen MR) is 106 cm³/mol. The molecule has 0 aliphatic carbocycles. The lowest BCUT2D eigenvalue weighted by Crippen LogP contribution is -2.37. The molecular formula is C20H29ClN4O. The van der Waals surface area contributed by atoms with E-state index in [9.17, 15) is 4.79 Å². The maximum absolute atomic E-state index is 12.7. The average Bonchev–Trinajstić information content (AvgIpc) is 2.97. The highest BCUT2D eigenvalue weighted by molar-refractivity contribution is 6.30. The summed E-state index contributed by atoms with van der Waals surface area (Å²) in [7, 11) is 4.04. The van der Waals surface area contributed by atoms with Crippen molar-refractivity contribution in [2.45, 2.75) is 33.4 Å². The van der Waals surface area contributed by atoms with E-state index >= 15 is 0 Å². The summed E-state index contributed by atoms with van der Waals surface area (Å²) in [5.41, 5.74) is 1.12. The molecule has 0 radical (unpaired) electrons. The van der Waals surface area contributed by atoms with E-state index in [4.69, 9.17) is 11.6 Å². The molecule has 1 amide bonds. The Morgan fingerprint density at radius 1 is 1.27 bits per heavy atom. The first kappa shape index (κ1) is 20.5. The lowest BCUT2D eigenvalue weighted by atomic mass is 10.1. The maximum atomic E-state index is 12.7. The second kappa shape index (κ2) is 9.74. The van der Waals surface area contributed by atoms with Crippen LogP contribution < -0.4 is 0 Å². The fourth-order valence-corrected chi connectivity index (χ4v) is 2.94. The van der Waals surface area contributed by atoms with Gasteiger partial charge in [-0.2, -0.15) is 0 Å². The molecule has 1 aromatic heterocycles. The number of amides is 1. The van der Waals surface area contributed by atoms with Gasteiger partial charge in [0.15, 0.2) is 0 Å². The van der Waals surface area contributed by atoms with Crippen LogP contribution in [-0.2, 0) is 17.9 Å². The van der Waals surface area contributed by atoms with Crippen LogP contribution in [0.1, 0.15) is 31.7 Å². The molecule has 0 fully saturated rings. The molecule has 5 nitrogen and oxygen atoms in total. The summed E-state index contributed by atoms with van der Waals surface area (Å²) in [5, 5.41) is 0.726. The van der Waals surface area contributed by atoms with Gasteiger partial charge in [-0.05, 0) is 37.7 Å². The second-order valence-corrected chi connectivity index (χ2v) is 7.75. The summed E-state index contributed by atoms with van der Waals surface area (Å²) in [4.78, 5) is 21.2. The highest BCUT2D eigenvalue weighted by Gasteiger charge is 2.18. The zero-order chi connectivity index (χ0) is 19.1. The van der Waals surface area contributed by atoms with Crippen LogP contribution in [0.3, 0.4) is 0 Å². The van der Waals surface area contributed by atoms with Crippen molar-refractivity contribution in [3.8, 4) is 0 Å². The number of imidazole rings is 1. The van der Waals surface area contributed by atoms with Crippen LogP contribution in [0.25, 0.3) is 0 Å². The minimum absolute atomic E-state index is 0.180. The highest BCUT2D eigenvalue weighted by Crippen LogP contribution is 2.14. The molecule has 1 heterocycles. The predicted octanol–water partition coefficient (Wildman–Crippen LogP) is 3.52. The minimum Gasteiger partial charge on any atom is -0.334 e. The van der Waals surface area contributed by atoms with Gasteiger partial charge in [-0.3, -0.25) is 4.79 Å². The van der Waals surface area contributed by atoms with Gasteiger partial charge in [-0.15, -0.1) is 0 Å². The van der Waals surface area contributed by atoms with Crippen molar-refractivity contribution in [1.82, 2.24) is 19.4 Å². The highest BCUT2D eigenvalue weighted by atomic mass is 35.5. The summed E-state index contributed by atoms with van der Waals surface area (Å²) in [6, 6.07) is 7.82. The third-order valence-corrected chi connectivity index (χ3v) is 4.36. The quantitative estimate of drug-likeness (QED) is 0.672. The number of likely N-dealkylation sites (N-methyl/N-ethyl adjacent to an activating group) is 1. The molecular weight excluding hydrogens is 348 g/mol. The van der Waals surface area contributed by atoms with Gasteiger partial charge < -0.3 is 14.4 Å². The number of rotatable bonds is 9. The van der Waals surface area contributed by atoms with E-state index in [0.717, 1.165) is 23.0 Å². The Morgan fingerprint density at radius 2 is 2.04 bits per heavy atom. The minimum atomic E-state index is 0.180. The largest absolute Gasteiger partial charge is 0.334 e. The molecule has 0 aliphatic rings. The molecule has 2 rings (SSSR count). The van der Waals surface area contributed by atoms with Gasteiger partial charge >= 0.3 is 0 Å². The molecule has 142 valence electrons. The number of carbonyl (C=O) groups is 1. The van der Waals surface area contributed by atoms with Crippen molar-refractivity contribution in [3.05, 3.63) is 53.1 Å². The smallest absolute Gasteiger partial charge is 0.223 e. The van der Waals surface area contributed by atoms with Crippen molar-refractivity contribution < 1.29 is 4.79 Å². The Hall–Kier alpha value is -1.85. The topological polar surface area (TPSA) is 41.4 Å². The van der Waals surface area contributed by atoms with Crippen molar-refractivity contribution in [1.29, 1.82) is 0 Å². The van der Waals surface area contributed by atoms with E-state index in [-0.39, 0.29) is 5.91 Å². The van der Waals surface area contributed by atoms with Crippen LogP contribution in [0.4, 0.5) is 0 Å². The SMILES string of the molecule is CC(C)CC(=O)N(CCN(C)C)Cc1nccn1Cc1cccc(Cl)c1. The zero-order valence-electron chi connectivity index (χ0n) is 16.2. The number of hydrogen-bond acceptors (Lipinski definition) is 3. The van der Waals surface area contributed by atoms with Crippen LogP contribution in [0.2, 0.25) is 5.02 Å². The van der Waals surface area contributed by atoms with Crippen LogP contribution in [0.5, 0.6) is 0 Å². The summed E-state index contributed by atoms with van der Waals surface area (Å²) in [6.45, 7) is 6.88. The van der Waals surface area contributed by atoms with E-state index in [1.54, 1.807) is 6.20 Å². The molecule has 0 N–H and O–H groups in total. The first-order chi connectivity index (χ1) is 12.3. The lowest BCUT2D eigenvalue weighted by Gasteiger charge is -2.25. The number of carbonyl (C=O) groups excluding carboxylic acids is 1. The summed E-state index contributed by atoms with van der Waals surface area (Å²) < 4.78 is 2.08. The van der Waals surface area contributed by atoms with Crippen molar-refractivity contribution in [2.24, 2.45) is 5.92 Å². The van der Waals surface area contributed by atoms with Gasteiger partial charge in [-0.1, -0.05) is 37.6 Å². The molecule has 0 unspecified atom stereocenters. The molecule has 6 heteroatoms. The molecule has 0 aliphatic heterocycles. The number of nitrogens with zero attached hydrogens (tertiary/aromatic N) is 4. The molecule has 2 aromatic rings. The zero-order valence-corrected chi connectivity index (χ0v) is 16.9. The van der Waals surface area contributed by atoms with E-state index in [0.29, 0.717) is 32.0 Å². The summed E-state index contributed by atoms with van der Waals surface area (Å²) in [6.07, 6.45) is 4.30. The first-order valence-corrected chi connectivity index (χ1v) is 9.40. The Balaban J connectivity index is 2.12. The Labute approximate surface area is 161 Å². The summed E-state index contributed by atoms with van der Waals surface area (Å²) in [5.74, 6) is 1.41. The van der Waals surface area contributed by atoms with Gasteiger partial charge in [0.05, 0.1) is 6.54 Å². The number of hydrogen-bond donors (Lipinski definition) is 0. The van der Waals surface area contributed by atoms with E-state index in [1.165, 1.54) is 0 Å². The standard InChI is InChI=1S/C20H29ClN4O/c1-16(2)12-20(26)25(11-10-23(3)4)15-19-22-8-9-24(19)14-17-6-5-7-18(21)13-17/h5-9,13,16H,10-12,14-15H2,1-4H3. The number of aromatic nitrogens is 2. The van der Waals surface area contributed by atoms with E-state index in [2.05, 4.69) is 28.3 Å². The number of benzene rings is 1. The van der Waals surface area contributed by atoms with Gasteiger partial charge in [0.1, 0.15) is 5.82 Å². The third kappa shape index (κ3) is 6.46.